The molecule has 1 N–H and O–H groups in total. The van der Waals surface area contributed by atoms with Crippen molar-refractivity contribution in [3.63, 3.8) is 0 Å². The van der Waals surface area contributed by atoms with Crippen molar-refractivity contribution in [2.75, 3.05) is 45.0 Å². The van der Waals surface area contributed by atoms with Crippen LogP contribution in [0.4, 0.5) is 0 Å². The van der Waals surface area contributed by atoms with E-state index in [2.05, 4.69) is 29.0 Å². The quantitative estimate of drug-likeness (QED) is 0.559. The predicted molar refractivity (Wildman–Crippen MR) is 110 cm³/mol. The van der Waals surface area contributed by atoms with Crippen molar-refractivity contribution < 1.29 is 8.42 Å². The Balaban J connectivity index is 2.06. The van der Waals surface area contributed by atoms with Crippen molar-refractivity contribution in [3.8, 4) is 0 Å². The number of piperidine rings is 1. The molecule has 2 heterocycles. The van der Waals surface area contributed by atoms with Gasteiger partial charge in [-0.1, -0.05) is 19.8 Å². The van der Waals surface area contributed by atoms with E-state index < -0.39 is 14.6 Å². The van der Waals surface area contributed by atoms with Crippen LogP contribution in [0.25, 0.3) is 0 Å². The number of hydrogen-bond donors (Lipinski definition) is 1. The third-order valence-corrected chi connectivity index (χ3v) is 8.21. The summed E-state index contributed by atoms with van der Waals surface area (Å²) in [7, 11) is -3.03. The Labute approximate surface area is 160 Å². The summed E-state index contributed by atoms with van der Waals surface area (Å²) >= 11 is 0. The van der Waals surface area contributed by atoms with Crippen LogP contribution in [0.2, 0.25) is 0 Å². The van der Waals surface area contributed by atoms with E-state index in [1.54, 1.807) is 0 Å². The highest BCUT2D eigenvalue weighted by atomic mass is 32.2. The molecule has 2 rings (SSSR count). The van der Waals surface area contributed by atoms with Crippen LogP contribution in [0.3, 0.4) is 0 Å². The number of unbranched alkanes of at least 4 members (excludes halogenated alkanes) is 1. The maximum absolute atomic E-state index is 12.3. The summed E-state index contributed by atoms with van der Waals surface area (Å²) in [6.07, 6.45) is 6.27. The van der Waals surface area contributed by atoms with Crippen molar-refractivity contribution in [2.24, 2.45) is 4.99 Å². The van der Waals surface area contributed by atoms with Crippen molar-refractivity contribution >= 4 is 15.8 Å². The van der Waals surface area contributed by atoms with Crippen molar-refractivity contribution in [1.82, 2.24) is 15.1 Å². The summed E-state index contributed by atoms with van der Waals surface area (Å²) in [4.78, 5) is 9.66. The zero-order valence-corrected chi connectivity index (χ0v) is 17.9. The first-order valence-corrected chi connectivity index (χ1v) is 12.0. The molecule has 0 aliphatic carbocycles. The van der Waals surface area contributed by atoms with Crippen LogP contribution < -0.4 is 5.32 Å². The van der Waals surface area contributed by atoms with Gasteiger partial charge in [0.05, 0.1) is 17.0 Å². The highest BCUT2D eigenvalue weighted by Crippen LogP contribution is 2.24. The Kier molecular flexibility index (Phi) is 7.76. The number of nitrogens with one attached hydrogen (secondary N) is 1. The second-order valence-corrected chi connectivity index (χ2v) is 11.0. The molecule has 0 spiro atoms. The molecular formula is C19H38N4O2S. The molecular weight excluding hydrogens is 348 g/mol. The molecule has 6 nitrogen and oxygen atoms in total. The van der Waals surface area contributed by atoms with Crippen LogP contribution in [0.5, 0.6) is 0 Å². The SMILES string of the molecule is CCCCN1CCCCC1CN=C(NCC)N1CCS(=O)(=O)C(C)(C)C1. The van der Waals surface area contributed by atoms with E-state index in [-0.39, 0.29) is 5.75 Å². The summed E-state index contributed by atoms with van der Waals surface area (Å²) < 4.78 is 23.8. The number of likely N-dealkylation sites (tertiary alicyclic amines) is 1. The average molecular weight is 387 g/mol. The number of guanidine groups is 1. The fourth-order valence-corrected chi connectivity index (χ4v) is 5.23. The lowest BCUT2D eigenvalue weighted by atomic mass is 10.0. The van der Waals surface area contributed by atoms with E-state index >= 15 is 0 Å². The molecule has 0 radical (unpaired) electrons. The van der Waals surface area contributed by atoms with Crippen LogP contribution in [-0.4, -0.2) is 80.0 Å². The van der Waals surface area contributed by atoms with Gasteiger partial charge in [-0.05, 0) is 53.1 Å². The Morgan fingerprint density at radius 1 is 1.23 bits per heavy atom. The van der Waals surface area contributed by atoms with Crippen molar-refractivity contribution in [2.45, 2.75) is 70.6 Å². The molecule has 7 heteroatoms. The third-order valence-electron chi connectivity index (χ3n) is 5.68. The molecule has 1 atom stereocenters. The molecule has 0 amide bonds. The number of rotatable bonds is 6. The van der Waals surface area contributed by atoms with Crippen LogP contribution in [0.15, 0.2) is 4.99 Å². The first-order chi connectivity index (χ1) is 12.3. The summed E-state index contributed by atoms with van der Waals surface area (Å²) in [5.74, 6) is 1.08. The van der Waals surface area contributed by atoms with Gasteiger partial charge in [-0.15, -0.1) is 0 Å². The molecule has 2 saturated heterocycles. The zero-order valence-electron chi connectivity index (χ0n) is 17.1. The smallest absolute Gasteiger partial charge is 0.194 e. The molecule has 0 saturated carbocycles. The van der Waals surface area contributed by atoms with Gasteiger partial charge in [0.15, 0.2) is 15.8 Å². The van der Waals surface area contributed by atoms with Gasteiger partial charge in [-0.2, -0.15) is 0 Å². The fourth-order valence-electron chi connectivity index (χ4n) is 3.86. The Hall–Kier alpha value is -0.820. The molecule has 1 unspecified atom stereocenters. The van der Waals surface area contributed by atoms with Gasteiger partial charge in [0, 0.05) is 25.7 Å². The van der Waals surface area contributed by atoms with E-state index in [0.29, 0.717) is 19.1 Å². The predicted octanol–water partition coefficient (Wildman–Crippen LogP) is 2.12. The molecule has 152 valence electrons. The van der Waals surface area contributed by atoms with E-state index in [4.69, 9.17) is 4.99 Å². The highest BCUT2D eigenvalue weighted by Gasteiger charge is 2.41. The first-order valence-electron chi connectivity index (χ1n) is 10.3. The molecule has 0 aromatic carbocycles. The summed E-state index contributed by atoms with van der Waals surface area (Å²) in [6, 6.07) is 0.519. The van der Waals surface area contributed by atoms with E-state index in [0.717, 1.165) is 19.0 Å². The molecule has 0 bridgehead atoms. The summed E-state index contributed by atoms with van der Waals surface area (Å²) in [5, 5.41) is 3.38. The lowest BCUT2D eigenvalue weighted by Gasteiger charge is -2.40. The minimum Gasteiger partial charge on any atom is -0.357 e. The molecule has 2 fully saturated rings. The summed E-state index contributed by atoms with van der Waals surface area (Å²) in [5.41, 5.74) is 0. The monoisotopic (exact) mass is 386 g/mol. The standard InChI is InChI=1S/C19H38N4O2S/c1-5-7-11-22-12-9-8-10-17(22)15-21-18(20-6-2)23-13-14-26(24,25)19(3,4)16-23/h17H,5-16H2,1-4H3,(H,20,21). The second kappa shape index (κ2) is 9.40. The highest BCUT2D eigenvalue weighted by molar-refractivity contribution is 7.92. The lowest BCUT2D eigenvalue weighted by Crippen LogP contribution is -2.57. The molecule has 2 aliphatic heterocycles. The Morgan fingerprint density at radius 2 is 2.00 bits per heavy atom. The molecule has 0 aromatic heterocycles. The third kappa shape index (κ3) is 5.35. The zero-order chi connectivity index (χ0) is 19.2. The van der Waals surface area contributed by atoms with Gasteiger partial charge >= 0.3 is 0 Å². The molecule has 26 heavy (non-hydrogen) atoms. The van der Waals surface area contributed by atoms with Crippen molar-refractivity contribution in [1.29, 1.82) is 0 Å². The lowest BCUT2D eigenvalue weighted by molar-refractivity contribution is 0.151. The Bertz CT molecular complexity index is 574. The van der Waals surface area contributed by atoms with Gasteiger partial charge in [0.25, 0.3) is 0 Å². The maximum Gasteiger partial charge on any atom is 0.194 e. The number of aliphatic imine (C=N–C) groups is 1. The van der Waals surface area contributed by atoms with Gasteiger partial charge in [0.1, 0.15) is 0 Å². The van der Waals surface area contributed by atoms with Crippen LogP contribution in [0.1, 0.15) is 59.8 Å². The topological polar surface area (TPSA) is 65.0 Å². The van der Waals surface area contributed by atoms with E-state index in [1.807, 2.05) is 13.8 Å². The van der Waals surface area contributed by atoms with Gasteiger partial charge in [-0.3, -0.25) is 9.89 Å². The number of nitrogens with zero attached hydrogens (tertiary/aromatic N) is 3. The first kappa shape index (κ1) is 21.5. The van der Waals surface area contributed by atoms with Crippen LogP contribution in [0, 0.1) is 0 Å². The summed E-state index contributed by atoms with van der Waals surface area (Å²) in [6.45, 7) is 12.9. The van der Waals surface area contributed by atoms with Crippen LogP contribution >= 0.6 is 0 Å². The van der Waals surface area contributed by atoms with E-state index in [9.17, 15) is 8.42 Å². The maximum atomic E-state index is 12.3. The number of hydrogen-bond acceptors (Lipinski definition) is 4. The molecule has 0 aromatic rings. The normalized spacial score (nSPS) is 26.7. The van der Waals surface area contributed by atoms with E-state index in [1.165, 1.54) is 45.2 Å². The van der Waals surface area contributed by atoms with Crippen molar-refractivity contribution in [3.05, 3.63) is 0 Å². The van der Waals surface area contributed by atoms with Crippen LogP contribution in [-0.2, 0) is 9.84 Å². The number of sulfone groups is 1. The van der Waals surface area contributed by atoms with Gasteiger partial charge in [-0.25, -0.2) is 8.42 Å². The minimum atomic E-state index is -3.03. The molecule has 2 aliphatic rings. The average Bonchev–Trinajstić information content (AvgIpc) is 2.60. The fraction of sp³-hybridized carbons (Fsp3) is 0.947. The van der Waals surface area contributed by atoms with Gasteiger partial charge in [0.2, 0.25) is 0 Å². The minimum absolute atomic E-state index is 0.205. The second-order valence-electron chi connectivity index (χ2n) is 8.23. The Morgan fingerprint density at radius 3 is 2.65 bits per heavy atom. The van der Waals surface area contributed by atoms with Gasteiger partial charge < -0.3 is 10.2 Å². The largest absolute Gasteiger partial charge is 0.357 e.